The molecule has 0 fully saturated rings. The van der Waals surface area contributed by atoms with Crippen molar-refractivity contribution in [1.29, 1.82) is 0 Å². The van der Waals surface area contributed by atoms with Gasteiger partial charge in [0.15, 0.2) is 0 Å². The van der Waals surface area contributed by atoms with E-state index in [1.807, 2.05) is 19.9 Å². The van der Waals surface area contributed by atoms with E-state index in [2.05, 4.69) is 0 Å². The molecule has 0 radical (unpaired) electrons. The van der Waals surface area contributed by atoms with E-state index in [0.29, 0.717) is 37.3 Å². The number of hydrogen-bond donors (Lipinski definition) is 1. The van der Waals surface area contributed by atoms with Crippen molar-refractivity contribution in [3.8, 4) is 5.75 Å². The number of carboxylic acid groups (broad SMARTS) is 1. The number of rotatable bonds is 7. The van der Waals surface area contributed by atoms with E-state index >= 15 is 0 Å². The number of ether oxygens (including phenoxy) is 1. The molecule has 0 saturated carbocycles. The van der Waals surface area contributed by atoms with Gasteiger partial charge in [0.25, 0.3) is 5.91 Å². The number of fused-ring (bicyclic) bond motifs is 1. The molecule has 1 atom stereocenters. The highest BCUT2D eigenvalue weighted by Crippen LogP contribution is 2.27. The lowest BCUT2D eigenvalue weighted by atomic mass is 9.95. The molecule has 0 saturated heterocycles. The van der Waals surface area contributed by atoms with Gasteiger partial charge in [-0.25, -0.2) is 9.18 Å². The average molecular weight is 385 g/mol. The lowest BCUT2D eigenvalue weighted by molar-refractivity contribution is -0.143. The quantitative estimate of drug-likeness (QED) is 0.785. The molecule has 1 N–H and O–H groups in total. The Bertz CT molecular complexity index is 863. The van der Waals surface area contributed by atoms with Crippen LogP contribution in [0.15, 0.2) is 42.5 Å². The average Bonchev–Trinajstić information content (AvgIpc) is 2.66. The van der Waals surface area contributed by atoms with Gasteiger partial charge in [-0.2, -0.15) is 0 Å². The predicted octanol–water partition coefficient (Wildman–Crippen LogP) is 3.90. The highest BCUT2D eigenvalue weighted by molar-refractivity contribution is 5.99. The Morgan fingerprint density at radius 3 is 2.57 bits per heavy atom. The Kier molecular flexibility index (Phi) is 5.97. The monoisotopic (exact) mass is 385 g/mol. The van der Waals surface area contributed by atoms with Crippen LogP contribution in [-0.2, 0) is 17.8 Å². The third-order valence-electron chi connectivity index (χ3n) is 4.86. The molecular weight excluding hydrogens is 361 g/mol. The largest absolute Gasteiger partial charge is 0.489 e. The van der Waals surface area contributed by atoms with Crippen molar-refractivity contribution in [3.05, 3.63) is 65.0 Å². The van der Waals surface area contributed by atoms with Crippen molar-refractivity contribution in [3.63, 3.8) is 0 Å². The number of aliphatic carboxylic acids is 1. The number of benzene rings is 2. The summed E-state index contributed by atoms with van der Waals surface area (Å²) in [5.41, 5.74) is 2.22. The number of hydrogen-bond acceptors (Lipinski definition) is 3. The number of halogens is 1. The normalized spacial score (nSPS) is 14.7. The van der Waals surface area contributed by atoms with Crippen LogP contribution in [0.3, 0.4) is 0 Å². The maximum Gasteiger partial charge on any atom is 0.326 e. The maximum atomic E-state index is 13.0. The zero-order chi connectivity index (χ0) is 20.3. The first-order chi connectivity index (χ1) is 13.3. The van der Waals surface area contributed by atoms with E-state index in [9.17, 15) is 19.1 Å². The Balaban J connectivity index is 1.72. The molecular formula is C22H24FNO4. The van der Waals surface area contributed by atoms with Crippen LogP contribution in [-0.4, -0.2) is 34.5 Å². The van der Waals surface area contributed by atoms with E-state index < -0.39 is 12.0 Å². The smallest absolute Gasteiger partial charge is 0.326 e. The van der Waals surface area contributed by atoms with E-state index in [-0.39, 0.29) is 17.6 Å². The first kappa shape index (κ1) is 19.9. The van der Waals surface area contributed by atoms with E-state index in [4.69, 9.17) is 4.74 Å². The van der Waals surface area contributed by atoms with Crippen LogP contribution in [0.1, 0.15) is 41.8 Å². The van der Waals surface area contributed by atoms with Gasteiger partial charge in [-0.05, 0) is 60.2 Å². The summed E-state index contributed by atoms with van der Waals surface area (Å²) in [5.74, 6) is -0.708. The standard InChI is InChI=1S/C22H24FNO4/c1-14(2)11-20(22(26)27)24-10-9-16-12-18(7-8-19(16)21(24)25)28-13-15-3-5-17(23)6-4-15/h3-8,12,14,20H,9-11,13H2,1-2H3,(H,26,27)/t20-/m0/s1. The van der Waals surface area contributed by atoms with Gasteiger partial charge in [0.2, 0.25) is 0 Å². The number of nitrogens with zero attached hydrogens (tertiary/aromatic N) is 1. The topological polar surface area (TPSA) is 66.8 Å². The molecule has 1 aliphatic heterocycles. The van der Waals surface area contributed by atoms with Crippen LogP contribution >= 0.6 is 0 Å². The molecule has 2 aromatic carbocycles. The summed E-state index contributed by atoms with van der Waals surface area (Å²) < 4.78 is 18.7. The number of carboxylic acids is 1. The number of carbonyl (C=O) groups excluding carboxylic acids is 1. The Labute approximate surface area is 163 Å². The van der Waals surface area contributed by atoms with Crippen molar-refractivity contribution < 1.29 is 23.8 Å². The summed E-state index contributed by atoms with van der Waals surface area (Å²) in [7, 11) is 0. The summed E-state index contributed by atoms with van der Waals surface area (Å²) in [6.07, 6.45) is 1.01. The second kappa shape index (κ2) is 8.42. The van der Waals surface area contributed by atoms with Gasteiger partial charge in [0.05, 0.1) is 0 Å². The van der Waals surface area contributed by atoms with E-state index in [1.54, 1.807) is 24.3 Å². The van der Waals surface area contributed by atoms with Gasteiger partial charge in [-0.15, -0.1) is 0 Å². The summed E-state index contributed by atoms with van der Waals surface area (Å²) in [6, 6.07) is 10.5. The molecule has 1 amide bonds. The third kappa shape index (κ3) is 4.50. The fraction of sp³-hybridized carbons (Fsp3) is 0.364. The summed E-state index contributed by atoms with van der Waals surface area (Å²) >= 11 is 0. The van der Waals surface area contributed by atoms with Gasteiger partial charge in [-0.1, -0.05) is 26.0 Å². The minimum absolute atomic E-state index is 0.178. The molecule has 5 nitrogen and oxygen atoms in total. The van der Waals surface area contributed by atoms with Crippen molar-refractivity contribution in [1.82, 2.24) is 4.90 Å². The molecule has 148 valence electrons. The van der Waals surface area contributed by atoms with Gasteiger partial charge in [-0.3, -0.25) is 4.79 Å². The van der Waals surface area contributed by atoms with Crippen LogP contribution in [0.4, 0.5) is 4.39 Å². The Morgan fingerprint density at radius 1 is 1.21 bits per heavy atom. The van der Waals surface area contributed by atoms with Crippen LogP contribution in [0.5, 0.6) is 5.75 Å². The van der Waals surface area contributed by atoms with Crippen LogP contribution in [0.2, 0.25) is 0 Å². The van der Waals surface area contributed by atoms with Crippen LogP contribution < -0.4 is 4.74 Å². The van der Waals surface area contributed by atoms with Crippen molar-refractivity contribution in [2.75, 3.05) is 6.54 Å². The molecule has 0 aliphatic carbocycles. The lowest BCUT2D eigenvalue weighted by Gasteiger charge is -2.34. The van der Waals surface area contributed by atoms with Gasteiger partial charge < -0.3 is 14.7 Å². The summed E-state index contributed by atoms with van der Waals surface area (Å²) in [4.78, 5) is 26.0. The highest BCUT2D eigenvalue weighted by Gasteiger charge is 2.34. The molecule has 1 heterocycles. The van der Waals surface area contributed by atoms with Crippen molar-refractivity contribution >= 4 is 11.9 Å². The summed E-state index contributed by atoms with van der Waals surface area (Å²) in [6.45, 7) is 4.57. The molecule has 28 heavy (non-hydrogen) atoms. The highest BCUT2D eigenvalue weighted by atomic mass is 19.1. The molecule has 3 rings (SSSR count). The fourth-order valence-electron chi connectivity index (χ4n) is 3.43. The summed E-state index contributed by atoms with van der Waals surface area (Å²) in [5, 5.41) is 9.54. The molecule has 0 unspecified atom stereocenters. The van der Waals surface area contributed by atoms with E-state index in [0.717, 1.165) is 11.1 Å². The molecule has 2 aromatic rings. The second-order valence-electron chi connectivity index (χ2n) is 7.47. The van der Waals surface area contributed by atoms with Gasteiger partial charge in [0.1, 0.15) is 24.2 Å². The molecule has 6 heteroatoms. The zero-order valence-corrected chi connectivity index (χ0v) is 16.0. The van der Waals surface area contributed by atoms with Gasteiger partial charge in [0, 0.05) is 12.1 Å². The lowest BCUT2D eigenvalue weighted by Crippen LogP contribution is -2.49. The molecule has 0 bridgehead atoms. The second-order valence-corrected chi connectivity index (χ2v) is 7.47. The SMILES string of the molecule is CC(C)C[C@@H](C(=O)O)N1CCc2cc(OCc3ccc(F)cc3)ccc2C1=O. The number of carbonyl (C=O) groups is 2. The van der Waals surface area contributed by atoms with Crippen LogP contribution in [0.25, 0.3) is 0 Å². The predicted molar refractivity (Wildman–Crippen MR) is 103 cm³/mol. The first-order valence-corrected chi connectivity index (χ1v) is 9.39. The molecule has 0 aromatic heterocycles. The van der Waals surface area contributed by atoms with Crippen molar-refractivity contribution in [2.24, 2.45) is 5.92 Å². The van der Waals surface area contributed by atoms with Crippen LogP contribution in [0, 0.1) is 11.7 Å². The van der Waals surface area contributed by atoms with Gasteiger partial charge >= 0.3 is 5.97 Å². The zero-order valence-electron chi connectivity index (χ0n) is 16.0. The Morgan fingerprint density at radius 2 is 1.93 bits per heavy atom. The Hall–Kier alpha value is -2.89. The van der Waals surface area contributed by atoms with E-state index in [1.165, 1.54) is 17.0 Å². The van der Waals surface area contributed by atoms with Crippen molar-refractivity contribution in [2.45, 2.75) is 39.3 Å². The first-order valence-electron chi connectivity index (χ1n) is 9.39. The maximum absolute atomic E-state index is 13.0. The number of amides is 1. The minimum atomic E-state index is -0.968. The molecule has 0 spiro atoms. The fourth-order valence-corrected chi connectivity index (χ4v) is 3.43. The third-order valence-corrected chi connectivity index (χ3v) is 4.86. The minimum Gasteiger partial charge on any atom is -0.489 e. The molecule has 1 aliphatic rings.